The topological polar surface area (TPSA) is 69.7 Å². The lowest BCUT2D eigenvalue weighted by Gasteiger charge is -2.39. The Labute approximate surface area is 173 Å². The molecule has 6 nitrogen and oxygen atoms in total. The van der Waals surface area contributed by atoms with E-state index >= 15 is 0 Å². The average molecular weight is 426 g/mol. The highest BCUT2D eigenvalue weighted by Gasteiger charge is 2.32. The third-order valence-electron chi connectivity index (χ3n) is 6.02. The fraction of sp³-hybridized carbons (Fsp3) is 0.667. The Morgan fingerprint density at radius 2 is 1.79 bits per heavy atom. The number of hydrogen-bond donors (Lipinski definition) is 1. The SMILES string of the molecule is CC(C)N1CCN(C(=O)[C@H]2CC[C@H](NS(=O)(=O)Cc3cccc(F)c3)CC2)CC1. The molecule has 8 heteroatoms. The monoisotopic (exact) mass is 425 g/mol. The second kappa shape index (κ2) is 9.53. The van der Waals surface area contributed by atoms with Gasteiger partial charge in [-0.05, 0) is 57.2 Å². The minimum absolute atomic E-state index is 0.00965. The molecule has 0 bridgehead atoms. The molecule has 1 saturated carbocycles. The first-order valence-electron chi connectivity index (χ1n) is 10.5. The molecule has 1 amide bonds. The fourth-order valence-corrected chi connectivity index (χ4v) is 5.76. The van der Waals surface area contributed by atoms with Crippen LogP contribution < -0.4 is 4.72 Å². The van der Waals surface area contributed by atoms with Crippen molar-refractivity contribution in [2.45, 2.75) is 57.4 Å². The molecule has 0 spiro atoms. The minimum atomic E-state index is -3.54. The number of amides is 1. The highest BCUT2D eigenvalue weighted by Crippen LogP contribution is 2.27. The molecule has 0 radical (unpaired) electrons. The third kappa shape index (κ3) is 6.23. The first-order chi connectivity index (χ1) is 13.7. The molecule has 162 valence electrons. The van der Waals surface area contributed by atoms with Crippen molar-refractivity contribution in [2.24, 2.45) is 5.92 Å². The summed E-state index contributed by atoms with van der Waals surface area (Å²) in [6, 6.07) is 6.01. The number of halogens is 1. The Kier molecular flexibility index (Phi) is 7.29. The molecular formula is C21H32FN3O3S. The van der Waals surface area contributed by atoms with Crippen molar-refractivity contribution in [3.8, 4) is 0 Å². The molecule has 0 aromatic heterocycles. The predicted octanol–water partition coefficient (Wildman–Crippen LogP) is 2.36. The van der Waals surface area contributed by atoms with Gasteiger partial charge in [0, 0.05) is 44.2 Å². The van der Waals surface area contributed by atoms with Crippen LogP contribution in [0.1, 0.15) is 45.1 Å². The first-order valence-corrected chi connectivity index (χ1v) is 12.2. The largest absolute Gasteiger partial charge is 0.340 e. The van der Waals surface area contributed by atoms with E-state index in [9.17, 15) is 17.6 Å². The molecule has 29 heavy (non-hydrogen) atoms. The van der Waals surface area contributed by atoms with E-state index in [2.05, 4.69) is 23.5 Å². The number of sulfonamides is 1. The van der Waals surface area contributed by atoms with Gasteiger partial charge in [-0.2, -0.15) is 0 Å². The van der Waals surface area contributed by atoms with Gasteiger partial charge in [-0.15, -0.1) is 0 Å². The maximum Gasteiger partial charge on any atom is 0.225 e. The van der Waals surface area contributed by atoms with Crippen molar-refractivity contribution in [1.82, 2.24) is 14.5 Å². The lowest BCUT2D eigenvalue weighted by atomic mass is 9.85. The van der Waals surface area contributed by atoms with E-state index in [4.69, 9.17) is 0 Å². The summed E-state index contributed by atoms with van der Waals surface area (Å²) in [5.74, 6) is -0.464. The highest BCUT2D eigenvalue weighted by atomic mass is 32.2. The number of nitrogens with one attached hydrogen (secondary N) is 1. The van der Waals surface area contributed by atoms with Crippen LogP contribution in [0.2, 0.25) is 0 Å². The Morgan fingerprint density at radius 1 is 1.14 bits per heavy atom. The average Bonchev–Trinajstić information content (AvgIpc) is 2.67. The normalized spacial score (nSPS) is 24.1. The van der Waals surface area contributed by atoms with Gasteiger partial charge in [0.25, 0.3) is 0 Å². The molecule has 1 aliphatic heterocycles. The Balaban J connectivity index is 1.46. The zero-order valence-corrected chi connectivity index (χ0v) is 18.1. The van der Waals surface area contributed by atoms with Crippen molar-refractivity contribution in [3.05, 3.63) is 35.6 Å². The third-order valence-corrected chi connectivity index (χ3v) is 7.43. The summed E-state index contributed by atoms with van der Waals surface area (Å²) in [5.41, 5.74) is 0.432. The van der Waals surface area contributed by atoms with Gasteiger partial charge < -0.3 is 4.90 Å². The van der Waals surface area contributed by atoms with Crippen LogP contribution in [-0.2, 0) is 20.6 Å². The molecule has 1 N–H and O–H groups in total. The minimum Gasteiger partial charge on any atom is -0.340 e. The van der Waals surface area contributed by atoms with Gasteiger partial charge in [0.2, 0.25) is 15.9 Å². The summed E-state index contributed by atoms with van der Waals surface area (Å²) in [6.07, 6.45) is 2.72. The number of benzene rings is 1. The van der Waals surface area contributed by atoms with E-state index in [1.54, 1.807) is 6.07 Å². The lowest BCUT2D eigenvalue weighted by Crippen LogP contribution is -2.52. The summed E-state index contributed by atoms with van der Waals surface area (Å²) in [5, 5.41) is 0. The van der Waals surface area contributed by atoms with Crippen molar-refractivity contribution in [1.29, 1.82) is 0 Å². The molecule has 1 saturated heterocycles. The van der Waals surface area contributed by atoms with Gasteiger partial charge >= 0.3 is 0 Å². The molecule has 3 rings (SSSR count). The summed E-state index contributed by atoms with van der Waals surface area (Å²) >= 11 is 0. The smallest absolute Gasteiger partial charge is 0.225 e. The zero-order valence-electron chi connectivity index (χ0n) is 17.3. The number of nitrogens with zero attached hydrogens (tertiary/aromatic N) is 2. The first kappa shape index (κ1) is 22.2. The molecule has 0 unspecified atom stereocenters. The number of piperazine rings is 1. The van der Waals surface area contributed by atoms with E-state index in [-0.39, 0.29) is 23.6 Å². The van der Waals surface area contributed by atoms with Gasteiger partial charge in [-0.3, -0.25) is 9.69 Å². The van der Waals surface area contributed by atoms with Crippen LogP contribution in [0.4, 0.5) is 4.39 Å². The molecule has 1 heterocycles. The fourth-order valence-electron chi connectivity index (χ4n) is 4.32. The van der Waals surface area contributed by atoms with Crippen LogP contribution in [0.5, 0.6) is 0 Å². The van der Waals surface area contributed by atoms with Crippen molar-refractivity contribution in [3.63, 3.8) is 0 Å². The Bertz CT molecular complexity index is 799. The standard InChI is InChI=1S/C21H32FN3O3S/c1-16(2)24-10-12-25(13-11-24)21(26)18-6-8-20(9-7-18)23-29(27,28)15-17-4-3-5-19(22)14-17/h3-5,14,16,18,20,23H,6-13,15H2,1-2H3/t18-,20-. The molecular weight excluding hydrogens is 393 g/mol. The number of rotatable bonds is 6. The Morgan fingerprint density at radius 3 is 2.38 bits per heavy atom. The molecule has 2 fully saturated rings. The highest BCUT2D eigenvalue weighted by molar-refractivity contribution is 7.88. The summed E-state index contributed by atoms with van der Waals surface area (Å²) in [7, 11) is -3.54. The number of hydrogen-bond acceptors (Lipinski definition) is 4. The zero-order chi connectivity index (χ0) is 21.0. The van der Waals surface area contributed by atoms with Gasteiger partial charge in [-0.1, -0.05) is 12.1 Å². The van der Waals surface area contributed by atoms with E-state index in [1.165, 1.54) is 18.2 Å². The molecule has 1 aromatic rings. The molecule has 0 atom stereocenters. The van der Waals surface area contributed by atoms with Crippen LogP contribution in [0.25, 0.3) is 0 Å². The van der Waals surface area contributed by atoms with Crippen LogP contribution in [-0.4, -0.2) is 62.4 Å². The maximum atomic E-state index is 13.3. The second-order valence-corrected chi connectivity index (χ2v) is 10.3. The van der Waals surface area contributed by atoms with E-state index in [0.29, 0.717) is 37.3 Å². The molecule has 1 aromatic carbocycles. The Hall–Kier alpha value is -1.51. The van der Waals surface area contributed by atoms with Crippen LogP contribution >= 0.6 is 0 Å². The van der Waals surface area contributed by atoms with Gasteiger partial charge in [0.05, 0.1) is 5.75 Å². The van der Waals surface area contributed by atoms with Crippen molar-refractivity contribution >= 4 is 15.9 Å². The van der Waals surface area contributed by atoms with Crippen LogP contribution in [0.15, 0.2) is 24.3 Å². The van der Waals surface area contributed by atoms with E-state index in [1.807, 2.05) is 4.90 Å². The van der Waals surface area contributed by atoms with E-state index in [0.717, 1.165) is 26.2 Å². The number of carbonyl (C=O) groups excluding carboxylic acids is 1. The summed E-state index contributed by atoms with van der Waals surface area (Å²) in [6.45, 7) is 7.73. The second-order valence-electron chi connectivity index (χ2n) is 8.51. The van der Waals surface area contributed by atoms with Crippen LogP contribution in [0.3, 0.4) is 0 Å². The maximum absolute atomic E-state index is 13.3. The van der Waals surface area contributed by atoms with Crippen molar-refractivity contribution in [2.75, 3.05) is 26.2 Å². The van der Waals surface area contributed by atoms with Crippen LogP contribution in [0, 0.1) is 11.7 Å². The quantitative estimate of drug-likeness (QED) is 0.760. The van der Waals surface area contributed by atoms with Gasteiger partial charge in [0.1, 0.15) is 5.82 Å². The molecule has 2 aliphatic rings. The lowest BCUT2D eigenvalue weighted by molar-refractivity contribution is -0.138. The van der Waals surface area contributed by atoms with Gasteiger partial charge in [0.15, 0.2) is 0 Å². The molecule has 1 aliphatic carbocycles. The van der Waals surface area contributed by atoms with E-state index < -0.39 is 15.8 Å². The summed E-state index contributed by atoms with van der Waals surface area (Å²) < 4.78 is 40.8. The number of carbonyl (C=O) groups is 1. The predicted molar refractivity (Wildman–Crippen MR) is 111 cm³/mol. The summed E-state index contributed by atoms with van der Waals surface area (Å²) in [4.78, 5) is 17.2. The van der Waals surface area contributed by atoms with Crippen molar-refractivity contribution < 1.29 is 17.6 Å². The van der Waals surface area contributed by atoms with Gasteiger partial charge in [-0.25, -0.2) is 17.5 Å².